The van der Waals surface area contributed by atoms with Crippen molar-refractivity contribution in [1.29, 1.82) is 0 Å². The molecule has 1 rings (SSSR count). The van der Waals surface area contributed by atoms with Gasteiger partial charge in [0.25, 0.3) is 0 Å². The highest BCUT2D eigenvalue weighted by Gasteiger charge is 2.46. The SMILES string of the molecule is CC1(C)COC(C(C)(Cl)[Si](C)(C)C)=N1. The van der Waals surface area contributed by atoms with Crippen molar-refractivity contribution in [3.8, 4) is 0 Å². The lowest BCUT2D eigenvalue weighted by Crippen LogP contribution is -2.51. The summed E-state index contributed by atoms with van der Waals surface area (Å²) in [4.78, 5) is 4.56. The van der Waals surface area contributed by atoms with Crippen LogP contribution in [0.1, 0.15) is 20.8 Å². The zero-order chi connectivity index (χ0) is 11.2. The fourth-order valence-electron chi connectivity index (χ4n) is 1.15. The Morgan fingerprint density at radius 3 is 2.21 bits per heavy atom. The normalized spacial score (nSPS) is 25.2. The number of ether oxygens (including phenoxy) is 1. The molecule has 14 heavy (non-hydrogen) atoms. The van der Waals surface area contributed by atoms with Crippen LogP contribution in [0, 0.1) is 0 Å². The van der Waals surface area contributed by atoms with Crippen molar-refractivity contribution in [2.75, 3.05) is 6.61 Å². The maximum Gasteiger partial charge on any atom is 0.202 e. The summed E-state index contributed by atoms with van der Waals surface area (Å²) >= 11 is 6.55. The van der Waals surface area contributed by atoms with Crippen LogP contribution in [-0.4, -0.2) is 30.6 Å². The fraction of sp³-hybridized carbons (Fsp3) is 0.900. The number of halogens is 1. The third-order valence-corrected chi connectivity index (χ3v) is 7.67. The van der Waals surface area contributed by atoms with Gasteiger partial charge in [0.1, 0.15) is 11.1 Å². The van der Waals surface area contributed by atoms with Crippen molar-refractivity contribution in [3.63, 3.8) is 0 Å². The first-order valence-corrected chi connectivity index (χ1v) is 8.86. The number of aliphatic imine (C=N–C) groups is 1. The number of nitrogens with zero attached hydrogens (tertiary/aromatic N) is 1. The zero-order valence-corrected chi connectivity index (χ0v) is 11.7. The van der Waals surface area contributed by atoms with E-state index in [4.69, 9.17) is 16.3 Å². The van der Waals surface area contributed by atoms with Gasteiger partial charge in [0, 0.05) is 0 Å². The quantitative estimate of drug-likeness (QED) is 0.531. The van der Waals surface area contributed by atoms with Gasteiger partial charge >= 0.3 is 0 Å². The Labute approximate surface area is 92.7 Å². The molecule has 0 saturated carbocycles. The smallest absolute Gasteiger partial charge is 0.202 e. The van der Waals surface area contributed by atoms with E-state index in [0.717, 1.165) is 5.90 Å². The molecule has 0 bridgehead atoms. The molecule has 1 unspecified atom stereocenters. The third kappa shape index (κ3) is 2.14. The summed E-state index contributed by atoms with van der Waals surface area (Å²) < 4.78 is 5.22. The van der Waals surface area contributed by atoms with Gasteiger partial charge in [-0.25, -0.2) is 4.99 Å². The Kier molecular flexibility index (Phi) is 2.79. The van der Waals surface area contributed by atoms with Crippen molar-refractivity contribution in [2.45, 2.75) is 50.4 Å². The van der Waals surface area contributed by atoms with Crippen LogP contribution < -0.4 is 0 Å². The largest absolute Gasteiger partial charge is 0.477 e. The molecule has 0 saturated heterocycles. The fourth-order valence-corrected chi connectivity index (χ4v) is 2.01. The summed E-state index contributed by atoms with van der Waals surface area (Å²) in [6, 6.07) is 0. The van der Waals surface area contributed by atoms with Gasteiger partial charge in [-0.15, -0.1) is 11.6 Å². The van der Waals surface area contributed by atoms with Gasteiger partial charge in [0.2, 0.25) is 5.90 Å². The van der Waals surface area contributed by atoms with Gasteiger partial charge in [-0.3, -0.25) is 0 Å². The van der Waals surface area contributed by atoms with E-state index >= 15 is 0 Å². The zero-order valence-electron chi connectivity index (χ0n) is 9.94. The van der Waals surface area contributed by atoms with E-state index < -0.39 is 8.07 Å². The third-order valence-electron chi connectivity index (χ3n) is 2.78. The molecular formula is C10H20ClNOSi. The molecule has 1 heterocycles. The molecule has 0 amide bonds. The van der Waals surface area contributed by atoms with Crippen molar-refractivity contribution in [3.05, 3.63) is 0 Å². The van der Waals surface area contributed by atoms with E-state index in [0.29, 0.717) is 6.61 Å². The van der Waals surface area contributed by atoms with E-state index in [1.54, 1.807) is 0 Å². The average molecular weight is 234 g/mol. The second-order valence-electron chi connectivity index (χ2n) is 5.77. The molecule has 1 aliphatic rings. The summed E-state index contributed by atoms with van der Waals surface area (Å²) in [5, 5.41) is 0. The van der Waals surface area contributed by atoms with E-state index in [2.05, 4.69) is 38.5 Å². The van der Waals surface area contributed by atoms with Gasteiger partial charge in [0.15, 0.2) is 0 Å². The molecule has 0 aromatic heterocycles. The summed E-state index contributed by atoms with van der Waals surface area (Å²) in [6.45, 7) is 13.5. The Balaban J connectivity index is 2.96. The highest BCUT2D eigenvalue weighted by Crippen LogP contribution is 2.34. The number of hydrogen-bond acceptors (Lipinski definition) is 2. The van der Waals surface area contributed by atoms with Crippen LogP contribution in [0.25, 0.3) is 0 Å². The van der Waals surface area contributed by atoms with E-state index in [9.17, 15) is 0 Å². The topological polar surface area (TPSA) is 21.6 Å². The molecule has 0 aromatic carbocycles. The molecule has 2 nitrogen and oxygen atoms in total. The molecule has 0 spiro atoms. The van der Waals surface area contributed by atoms with Crippen LogP contribution in [-0.2, 0) is 4.74 Å². The minimum Gasteiger partial charge on any atom is -0.477 e. The van der Waals surface area contributed by atoms with E-state index in [1.807, 2.05) is 6.92 Å². The molecule has 0 fully saturated rings. The van der Waals surface area contributed by atoms with Gasteiger partial charge in [-0.2, -0.15) is 0 Å². The number of rotatable bonds is 2. The highest BCUT2D eigenvalue weighted by atomic mass is 35.5. The lowest BCUT2D eigenvalue weighted by Gasteiger charge is -2.33. The lowest BCUT2D eigenvalue weighted by atomic mass is 10.1. The average Bonchev–Trinajstić information content (AvgIpc) is 2.28. The summed E-state index contributed by atoms with van der Waals surface area (Å²) in [7, 11) is -1.50. The predicted molar refractivity (Wildman–Crippen MR) is 65.1 cm³/mol. The standard InChI is InChI=1S/C10H20ClNOSi/c1-9(2)7-13-8(12-9)10(3,11)14(4,5)6/h7H2,1-6H3. The predicted octanol–water partition coefficient (Wildman–Crippen LogP) is 3.07. The second kappa shape index (κ2) is 3.24. The molecule has 0 N–H and O–H groups in total. The molecule has 0 radical (unpaired) electrons. The van der Waals surface area contributed by atoms with Gasteiger partial charge in [-0.1, -0.05) is 19.6 Å². The Morgan fingerprint density at radius 1 is 1.43 bits per heavy atom. The monoisotopic (exact) mass is 233 g/mol. The molecular weight excluding hydrogens is 214 g/mol. The maximum absolute atomic E-state index is 6.55. The first kappa shape index (κ1) is 12.0. The lowest BCUT2D eigenvalue weighted by molar-refractivity contribution is 0.273. The van der Waals surface area contributed by atoms with E-state index in [1.165, 1.54) is 0 Å². The minimum atomic E-state index is -1.50. The highest BCUT2D eigenvalue weighted by molar-refractivity contribution is 6.90. The van der Waals surface area contributed by atoms with Crippen LogP contribution >= 0.6 is 11.6 Å². The van der Waals surface area contributed by atoms with Crippen molar-refractivity contribution in [1.82, 2.24) is 0 Å². The summed E-state index contributed by atoms with van der Waals surface area (Å²) in [6.07, 6.45) is 0. The van der Waals surface area contributed by atoms with Crippen molar-refractivity contribution in [2.24, 2.45) is 4.99 Å². The number of alkyl halides is 1. The van der Waals surface area contributed by atoms with Gasteiger partial charge < -0.3 is 4.74 Å². The first-order chi connectivity index (χ1) is 6.06. The minimum absolute atomic E-state index is 0.106. The van der Waals surface area contributed by atoms with Gasteiger partial charge in [0.05, 0.1) is 13.6 Å². The van der Waals surface area contributed by atoms with Crippen LogP contribution in [0.2, 0.25) is 19.6 Å². The van der Waals surface area contributed by atoms with Crippen molar-refractivity contribution < 1.29 is 4.74 Å². The van der Waals surface area contributed by atoms with Crippen LogP contribution in [0.15, 0.2) is 4.99 Å². The van der Waals surface area contributed by atoms with Crippen LogP contribution in [0.4, 0.5) is 0 Å². The Morgan fingerprint density at radius 2 is 1.93 bits per heavy atom. The van der Waals surface area contributed by atoms with Gasteiger partial charge in [-0.05, 0) is 20.8 Å². The Bertz CT molecular complexity index is 266. The molecule has 1 atom stereocenters. The molecule has 1 aliphatic heterocycles. The van der Waals surface area contributed by atoms with Crippen LogP contribution in [0.5, 0.6) is 0 Å². The molecule has 0 aromatic rings. The maximum atomic E-state index is 6.55. The molecule has 82 valence electrons. The van der Waals surface area contributed by atoms with Crippen molar-refractivity contribution >= 4 is 25.6 Å². The first-order valence-electron chi connectivity index (χ1n) is 4.98. The molecule has 4 heteroatoms. The summed E-state index contributed by atoms with van der Waals surface area (Å²) in [5.41, 5.74) is -0.106. The van der Waals surface area contributed by atoms with Crippen LogP contribution in [0.3, 0.4) is 0 Å². The second-order valence-corrected chi connectivity index (χ2v) is 12.3. The number of hydrogen-bond donors (Lipinski definition) is 0. The van der Waals surface area contributed by atoms with E-state index in [-0.39, 0.29) is 10.0 Å². The summed E-state index contributed by atoms with van der Waals surface area (Å²) in [5.74, 6) is 0.739. The molecule has 0 aliphatic carbocycles. The Hall–Kier alpha value is -0.0231.